The zero-order valence-electron chi connectivity index (χ0n) is 13.0. The predicted octanol–water partition coefficient (Wildman–Crippen LogP) is 2.10. The number of likely N-dealkylation sites (N-methyl/N-ethyl adjacent to an activating group) is 1. The number of halogens is 2. The lowest BCUT2D eigenvalue weighted by Gasteiger charge is -2.16. The second-order valence-electron chi connectivity index (χ2n) is 4.66. The average molecular weight is 408 g/mol. The molecule has 0 heterocycles. The van der Waals surface area contributed by atoms with Crippen molar-refractivity contribution in [3.05, 3.63) is 35.6 Å². The highest BCUT2D eigenvalue weighted by Gasteiger charge is 2.02. The summed E-state index contributed by atoms with van der Waals surface area (Å²) in [6.45, 7) is 5.61. The Bertz CT molecular complexity index is 426. The molecule has 1 aromatic carbocycles. The van der Waals surface area contributed by atoms with Crippen LogP contribution < -0.4 is 10.6 Å². The first-order valence-electron chi connectivity index (χ1n) is 7.03. The Morgan fingerprint density at radius 1 is 1.24 bits per heavy atom. The molecule has 0 saturated heterocycles. The Hall–Kier alpha value is -0.890. The summed E-state index contributed by atoms with van der Waals surface area (Å²) >= 11 is 0. The van der Waals surface area contributed by atoms with Crippen molar-refractivity contribution in [1.82, 2.24) is 15.5 Å². The molecule has 0 aliphatic heterocycles. The molecule has 0 spiro atoms. The Labute approximate surface area is 144 Å². The maximum absolute atomic E-state index is 13.4. The first-order valence-corrected chi connectivity index (χ1v) is 7.03. The van der Waals surface area contributed by atoms with E-state index in [0.29, 0.717) is 13.0 Å². The summed E-state index contributed by atoms with van der Waals surface area (Å²) in [5.41, 5.74) is 0.723. The molecule has 6 heteroatoms. The summed E-state index contributed by atoms with van der Waals surface area (Å²) in [5.74, 6) is 0.604. The van der Waals surface area contributed by atoms with E-state index in [1.54, 1.807) is 13.1 Å². The molecule has 0 bridgehead atoms. The molecule has 120 valence electrons. The molecule has 1 rings (SSSR count). The zero-order chi connectivity index (χ0) is 14.8. The number of rotatable bonds is 7. The fourth-order valence-corrected chi connectivity index (χ4v) is 1.76. The average Bonchev–Trinajstić information content (AvgIpc) is 2.47. The second-order valence-corrected chi connectivity index (χ2v) is 4.66. The van der Waals surface area contributed by atoms with Crippen molar-refractivity contribution in [3.8, 4) is 0 Å². The van der Waals surface area contributed by atoms with Crippen molar-refractivity contribution >= 4 is 29.9 Å². The van der Waals surface area contributed by atoms with E-state index >= 15 is 0 Å². The largest absolute Gasteiger partial charge is 0.356 e. The summed E-state index contributed by atoms with van der Waals surface area (Å²) < 4.78 is 13.4. The van der Waals surface area contributed by atoms with E-state index in [1.165, 1.54) is 6.07 Å². The standard InChI is InChI=1S/C15H25FN4.HI/c1-4-20(3)12-11-19-15(17-2)18-10-9-13-7-5-6-8-14(13)16;/h5-8H,4,9-12H2,1-3H3,(H2,17,18,19);1H. The van der Waals surface area contributed by atoms with Gasteiger partial charge in [-0.2, -0.15) is 0 Å². The SMILES string of the molecule is CCN(C)CCNC(=NC)NCCc1ccccc1F.I. The van der Waals surface area contributed by atoms with Crippen LogP contribution in [0.2, 0.25) is 0 Å². The molecular weight excluding hydrogens is 382 g/mol. The van der Waals surface area contributed by atoms with E-state index < -0.39 is 0 Å². The predicted molar refractivity (Wildman–Crippen MR) is 98.1 cm³/mol. The van der Waals surface area contributed by atoms with Gasteiger partial charge in [0.1, 0.15) is 5.82 Å². The molecule has 1 aromatic rings. The third-order valence-electron chi connectivity index (χ3n) is 3.19. The van der Waals surface area contributed by atoms with Crippen LogP contribution in [0, 0.1) is 5.82 Å². The van der Waals surface area contributed by atoms with Gasteiger partial charge in [-0.05, 0) is 31.6 Å². The van der Waals surface area contributed by atoms with Crippen molar-refractivity contribution in [1.29, 1.82) is 0 Å². The van der Waals surface area contributed by atoms with Crippen molar-refractivity contribution in [2.45, 2.75) is 13.3 Å². The highest BCUT2D eigenvalue weighted by atomic mass is 127. The summed E-state index contributed by atoms with van der Waals surface area (Å²) in [4.78, 5) is 6.37. The monoisotopic (exact) mass is 408 g/mol. The normalized spacial score (nSPS) is 11.2. The Morgan fingerprint density at radius 2 is 1.90 bits per heavy atom. The van der Waals surface area contributed by atoms with Gasteiger partial charge in [-0.1, -0.05) is 25.1 Å². The number of nitrogens with zero attached hydrogens (tertiary/aromatic N) is 2. The van der Waals surface area contributed by atoms with Gasteiger partial charge in [-0.15, -0.1) is 24.0 Å². The molecule has 0 saturated carbocycles. The maximum atomic E-state index is 13.4. The quantitative estimate of drug-likeness (QED) is 0.413. The Kier molecular flexibility index (Phi) is 11.2. The molecule has 0 aliphatic rings. The summed E-state index contributed by atoms with van der Waals surface area (Å²) in [5, 5.41) is 6.43. The molecular formula is C15H26FIN4. The van der Waals surface area contributed by atoms with E-state index in [1.807, 2.05) is 12.1 Å². The first-order chi connectivity index (χ1) is 9.67. The summed E-state index contributed by atoms with van der Waals surface area (Å²) in [6.07, 6.45) is 0.641. The molecule has 0 amide bonds. The third kappa shape index (κ3) is 8.21. The fraction of sp³-hybridized carbons (Fsp3) is 0.533. The molecule has 0 radical (unpaired) electrons. The van der Waals surface area contributed by atoms with Gasteiger partial charge in [0.25, 0.3) is 0 Å². The molecule has 4 nitrogen and oxygen atoms in total. The van der Waals surface area contributed by atoms with Crippen LogP contribution in [0.15, 0.2) is 29.3 Å². The van der Waals surface area contributed by atoms with Crippen LogP contribution in [0.5, 0.6) is 0 Å². The summed E-state index contributed by atoms with van der Waals surface area (Å²) in [6, 6.07) is 6.86. The van der Waals surface area contributed by atoms with E-state index in [0.717, 1.165) is 31.2 Å². The van der Waals surface area contributed by atoms with E-state index in [-0.39, 0.29) is 29.8 Å². The maximum Gasteiger partial charge on any atom is 0.191 e. The van der Waals surface area contributed by atoms with Crippen LogP contribution in [-0.4, -0.2) is 51.1 Å². The molecule has 0 unspecified atom stereocenters. The van der Waals surface area contributed by atoms with E-state index in [4.69, 9.17) is 0 Å². The highest BCUT2D eigenvalue weighted by Crippen LogP contribution is 2.05. The molecule has 21 heavy (non-hydrogen) atoms. The van der Waals surface area contributed by atoms with Gasteiger partial charge in [0.15, 0.2) is 5.96 Å². The fourth-order valence-electron chi connectivity index (χ4n) is 1.76. The number of guanidine groups is 1. The van der Waals surface area contributed by atoms with Crippen LogP contribution >= 0.6 is 24.0 Å². The topological polar surface area (TPSA) is 39.7 Å². The van der Waals surface area contributed by atoms with Gasteiger partial charge in [0, 0.05) is 26.7 Å². The van der Waals surface area contributed by atoms with Crippen LogP contribution in [0.1, 0.15) is 12.5 Å². The molecule has 2 N–H and O–H groups in total. The van der Waals surface area contributed by atoms with Crippen molar-refractivity contribution in [2.24, 2.45) is 4.99 Å². The smallest absolute Gasteiger partial charge is 0.191 e. The number of hydrogen-bond donors (Lipinski definition) is 2. The van der Waals surface area contributed by atoms with Crippen LogP contribution in [0.4, 0.5) is 4.39 Å². The van der Waals surface area contributed by atoms with Gasteiger partial charge in [0.2, 0.25) is 0 Å². The van der Waals surface area contributed by atoms with Gasteiger partial charge in [0.05, 0.1) is 0 Å². The molecule has 0 atom stereocenters. The van der Waals surface area contributed by atoms with Gasteiger partial charge in [-0.25, -0.2) is 4.39 Å². The molecule has 0 fully saturated rings. The minimum Gasteiger partial charge on any atom is -0.356 e. The van der Waals surface area contributed by atoms with Crippen molar-refractivity contribution < 1.29 is 4.39 Å². The number of benzene rings is 1. The Balaban J connectivity index is 0.00000400. The lowest BCUT2D eigenvalue weighted by atomic mass is 10.1. The van der Waals surface area contributed by atoms with Crippen molar-refractivity contribution in [2.75, 3.05) is 40.3 Å². The number of hydrogen-bond acceptors (Lipinski definition) is 2. The molecule has 0 aliphatic carbocycles. The lowest BCUT2D eigenvalue weighted by Crippen LogP contribution is -2.41. The Morgan fingerprint density at radius 3 is 2.52 bits per heavy atom. The van der Waals surface area contributed by atoms with E-state index in [9.17, 15) is 4.39 Å². The summed E-state index contributed by atoms with van der Waals surface area (Å²) in [7, 11) is 3.82. The minimum atomic E-state index is -0.151. The highest BCUT2D eigenvalue weighted by molar-refractivity contribution is 14.0. The van der Waals surface area contributed by atoms with Crippen LogP contribution in [-0.2, 0) is 6.42 Å². The van der Waals surface area contributed by atoms with E-state index in [2.05, 4.69) is 34.5 Å². The lowest BCUT2D eigenvalue weighted by molar-refractivity contribution is 0.357. The van der Waals surface area contributed by atoms with Crippen LogP contribution in [0.3, 0.4) is 0 Å². The van der Waals surface area contributed by atoms with Gasteiger partial charge in [-0.3, -0.25) is 4.99 Å². The zero-order valence-corrected chi connectivity index (χ0v) is 15.4. The van der Waals surface area contributed by atoms with Gasteiger partial charge >= 0.3 is 0 Å². The first kappa shape index (κ1) is 20.1. The number of aliphatic imine (C=N–C) groups is 1. The third-order valence-corrected chi connectivity index (χ3v) is 3.19. The van der Waals surface area contributed by atoms with Gasteiger partial charge < -0.3 is 15.5 Å². The van der Waals surface area contributed by atoms with Crippen molar-refractivity contribution in [3.63, 3.8) is 0 Å². The second kappa shape index (κ2) is 11.7. The number of nitrogens with one attached hydrogen (secondary N) is 2. The van der Waals surface area contributed by atoms with Crippen LogP contribution in [0.25, 0.3) is 0 Å². The molecule has 0 aromatic heterocycles. The minimum absolute atomic E-state index is 0.